The molecule has 1 aromatic carbocycles. The third kappa shape index (κ3) is 1.81. The Hall–Kier alpha value is -1.42. The number of hydrogen-bond donors (Lipinski definition) is 1. The summed E-state index contributed by atoms with van der Waals surface area (Å²) >= 11 is 0. The number of hydrogen-bond acceptors (Lipinski definition) is 2. The second kappa shape index (κ2) is 4.35. The first kappa shape index (κ1) is 11.7. The third-order valence-corrected chi connectivity index (χ3v) is 3.95. The highest BCUT2D eigenvalue weighted by Crippen LogP contribution is 2.37. The highest BCUT2D eigenvalue weighted by atomic mass is 19.1. The van der Waals surface area contributed by atoms with E-state index in [0.29, 0.717) is 18.0 Å². The van der Waals surface area contributed by atoms with Crippen LogP contribution in [-0.4, -0.2) is 23.4 Å². The Morgan fingerprint density at radius 2 is 2.06 bits per heavy atom. The zero-order chi connectivity index (χ0) is 12.7. The van der Waals surface area contributed by atoms with Crippen molar-refractivity contribution in [2.45, 2.75) is 32.0 Å². The van der Waals surface area contributed by atoms with Crippen LogP contribution >= 0.6 is 0 Å². The van der Waals surface area contributed by atoms with Gasteiger partial charge in [0.2, 0.25) is 5.91 Å². The van der Waals surface area contributed by atoms with E-state index in [1.54, 1.807) is 12.1 Å². The number of carbonyl (C=O) groups excluding carboxylic acids is 1. The van der Waals surface area contributed by atoms with E-state index in [1.165, 1.54) is 6.07 Å². The second-order valence-electron chi connectivity index (χ2n) is 5.34. The fourth-order valence-corrected chi connectivity index (χ4v) is 2.98. The van der Waals surface area contributed by atoms with Crippen LogP contribution in [0.4, 0.5) is 4.39 Å². The molecule has 0 bridgehead atoms. The molecule has 1 aliphatic carbocycles. The number of nitrogens with zero attached hydrogens (tertiary/aromatic N) is 1. The molecule has 1 N–H and O–H groups in total. The van der Waals surface area contributed by atoms with Gasteiger partial charge in [-0.1, -0.05) is 25.1 Å². The fourth-order valence-electron chi connectivity index (χ4n) is 2.98. The van der Waals surface area contributed by atoms with Gasteiger partial charge in [-0.3, -0.25) is 10.1 Å². The van der Waals surface area contributed by atoms with Gasteiger partial charge in [-0.25, -0.2) is 4.39 Å². The van der Waals surface area contributed by atoms with Gasteiger partial charge >= 0.3 is 0 Å². The van der Waals surface area contributed by atoms with E-state index in [2.05, 4.69) is 12.2 Å². The summed E-state index contributed by atoms with van der Waals surface area (Å²) < 4.78 is 13.8. The molecule has 18 heavy (non-hydrogen) atoms. The van der Waals surface area contributed by atoms with E-state index < -0.39 is 0 Å². The summed E-state index contributed by atoms with van der Waals surface area (Å²) in [7, 11) is 0. The molecule has 2 aliphatic rings. The van der Waals surface area contributed by atoms with E-state index in [9.17, 15) is 9.18 Å². The lowest BCUT2D eigenvalue weighted by Crippen LogP contribution is -2.46. The predicted octanol–water partition coefficient (Wildman–Crippen LogP) is 2.05. The number of nitrogens with one attached hydrogen (secondary N) is 1. The molecule has 1 unspecified atom stereocenters. The summed E-state index contributed by atoms with van der Waals surface area (Å²) in [5, 5.41) is 3.11. The Balaban J connectivity index is 1.87. The molecule has 0 spiro atoms. The monoisotopic (exact) mass is 248 g/mol. The molecule has 1 atom stereocenters. The molecule has 0 aromatic heterocycles. The number of rotatable bonds is 2. The van der Waals surface area contributed by atoms with Gasteiger partial charge < -0.3 is 4.90 Å². The summed E-state index contributed by atoms with van der Waals surface area (Å²) in [6, 6.07) is 6.95. The van der Waals surface area contributed by atoms with Crippen LogP contribution in [0.3, 0.4) is 0 Å². The van der Waals surface area contributed by atoms with Gasteiger partial charge in [-0.15, -0.1) is 0 Å². The first-order chi connectivity index (χ1) is 8.66. The van der Waals surface area contributed by atoms with E-state index in [4.69, 9.17) is 0 Å². The SMILES string of the molecule is CC1CC(N2C(=O)CNC2c2ccccc2F)C1. The van der Waals surface area contributed by atoms with Gasteiger partial charge in [0.1, 0.15) is 12.0 Å². The minimum Gasteiger partial charge on any atom is -0.319 e. The highest BCUT2D eigenvalue weighted by Gasteiger charge is 2.42. The molecule has 3 rings (SSSR count). The summed E-state index contributed by atoms with van der Waals surface area (Å²) in [6.45, 7) is 2.49. The average Bonchev–Trinajstić information content (AvgIpc) is 2.68. The van der Waals surface area contributed by atoms with E-state index >= 15 is 0 Å². The van der Waals surface area contributed by atoms with Gasteiger partial charge in [0.05, 0.1) is 6.54 Å². The van der Waals surface area contributed by atoms with Crippen LogP contribution in [0.5, 0.6) is 0 Å². The average molecular weight is 248 g/mol. The van der Waals surface area contributed by atoms with Gasteiger partial charge in [0.15, 0.2) is 0 Å². The standard InChI is InChI=1S/C14H17FN2O/c1-9-6-10(7-9)17-13(18)8-16-14(17)11-4-2-3-5-12(11)15/h2-5,9-10,14,16H,6-8H2,1H3. The summed E-state index contributed by atoms with van der Waals surface area (Å²) in [4.78, 5) is 13.8. The van der Waals surface area contributed by atoms with Gasteiger partial charge in [0, 0.05) is 11.6 Å². The maximum Gasteiger partial charge on any atom is 0.238 e. The Morgan fingerprint density at radius 3 is 2.72 bits per heavy atom. The quantitative estimate of drug-likeness (QED) is 0.868. The van der Waals surface area contributed by atoms with Gasteiger partial charge in [-0.05, 0) is 24.8 Å². The van der Waals surface area contributed by atoms with Gasteiger partial charge in [-0.2, -0.15) is 0 Å². The lowest BCUT2D eigenvalue weighted by atomic mass is 9.80. The first-order valence-electron chi connectivity index (χ1n) is 6.46. The van der Waals surface area contributed by atoms with E-state index in [1.807, 2.05) is 11.0 Å². The van der Waals surface area contributed by atoms with E-state index in [0.717, 1.165) is 12.8 Å². The molecule has 2 fully saturated rings. The molecular formula is C14H17FN2O. The molecule has 1 heterocycles. The Bertz CT molecular complexity index is 471. The number of halogens is 1. The Kier molecular flexibility index (Phi) is 2.82. The van der Waals surface area contributed by atoms with Gasteiger partial charge in [0.25, 0.3) is 0 Å². The Labute approximate surface area is 106 Å². The summed E-state index contributed by atoms with van der Waals surface area (Å²) in [5.74, 6) is 0.506. The van der Waals surface area contributed by atoms with Crippen LogP contribution in [0.15, 0.2) is 24.3 Å². The molecule has 1 amide bonds. The third-order valence-electron chi connectivity index (χ3n) is 3.95. The fraction of sp³-hybridized carbons (Fsp3) is 0.500. The number of benzene rings is 1. The molecular weight excluding hydrogens is 231 g/mol. The van der Waals surface area contributed by atoms with Crippen LogP contribution in [0.2, 0.25) is 0 Å². The summed E-state index contributed by atoms with van der Waals surface area (Å²) in [5.41, 5.74) is 0.572. The highest BCUT2D eigenvalue weighted by molar-refractivity contribution is 5.81. The molecule has 4 heteroatoms. The molecule has 1 aromatic rings. The van der Waals surface area contributed by atoms with Crippen LogP contribution < -0.4 is 5.32 Å². The minimum atomic E-state index is -0.295. The van der Waals surface area contributed by atoms with Crippen molar-refractivity contribution in [3.8, 4) is 0 Å². The molecule has 1 saturated heterocycles. The zero-order valence-electron chi connectivity index (χ0n) is 10.4. The molecule has 3 nitrogen and oxygen atoms in total. The number of amides is 1. The first-order valence-corrected chi connectivity index (χ1v) is 6.46. The van der Waals surface area contributed by atoms with Crippen LogP contribution in [0, 0.1) is 11.7 Å². The maximum absolute atomic E-state index is 13.8. The lowest BCUT2D eigenvalue weighted by Gasteiger charge is -2.42. The van der Waals surface area contributed by atoms with Crippen molar-refractivity contribution in [1.82, 2.24) is 10.2 Å². The lowest BCUT2D eigenvalue weighted by molar-refractivity contribution is -0.133. The van der Waals surface area contributed by atoms with Crippen molar-refractivity contribution in [2.24, 2.45) is 5.92 Å². The molecule has 1 aliphatic heterocycles. The Morgan fingerprint density at radius 1 is 1.33 bits per heavy atom. The smallest absolute Gasteiger partial charge is 0.238 e. The maximum atomic E-state index is 13.8. The van der Waals surface area contributed by atoms with Crippen molar-refractivity contribution >= 4 is 5.91 Å². The van der Waals surface area contributed by atoms with Crippen LogP contribution in [0.25, 0.3) is 0 Å². The molecule has 96 valence electrons. The largest absolute Gasteiger partial charge is 0.319 e. The van der Waals surface area contributed by atoms with Crippen LogP contribution in [-0.2, 0) is 4.79 Å². The van der Waals surface area contributed by atoms with Crippen molar-refractivity contribution in [2.75, 3.05) is 6.54 Å². The second-order valence-corrected chi connectivity index (χ2v) is 5.34. The predicted molar refractivity (Wildman–Crippen MR) is 66.2 cm³/mol. The minimum absolute atomic E-state index is 0.0835. The van der Waals surface area contributed by atoms with Crippen LogP contribution in [0.1, 0.15) is 31.5 Å². The van der Waals surface area contributed by atoms with Crippen molar-refractivity contribution in [1.29, 1.82) is 0 Å². The van der Waals surface area contributed by atoms with Crippen molar-refractivity contribution in [3.63, 3.8) is 0 Å². The van der Waals surface area contributed by atoms with Crippen molar-refractivity contribution < 1.29 is 9.18 Å². The summed E-state index contributed by atoms with van der Waals surface area (Å²) in [6.07, 6.45) is 1.76. The topological polar surface area (TPSA) is 32.3 Å². The molecule has 0 radical (unpaired) electrons. The molecule has 1 saturated carbocycles. The number of carbonyl (C=O) groups is 1. The normalized spacial score (nSPS) is 31.6. The zero-order valence-corrected chi connectivity index (χ0v) is 10.4. The van der Waals surface area contributed by atoms with Crippen molar-refractivity contribution in [3.05, 3.63) is 35.6 Å². The van der Waals surface area contributed by atoms with E-state index in [-0.39, 0.29) is 23.9 Å².